The van der Waals surface area contributed by atoms with E-state index in [-0.39, 0.29) is 11.5 Å². The molecule has 2 aromatic heterocycles. The van der Waals surface area contributed by atoms with Gasteiger partial charge in [0.1, 0.15) is 0 Å². The van der Waals surface area contributed by atoms with Gasteiger partial charge in [-0.3, -0.25) is 9.36 Å². The molecule has 5 rings (SSSR count). The summed E-state index contributed by atoms with van der Waals surface area (Å²) in [6, 6.07) is 16.2. The van der Waals surface area contributed by atoms with Crippen LogP contribution in [0.5, 0.6) is 0 Å². The predicted molar refractivity (Wildman–Crippen MR) is 127 cm³/mol. The lowest BCUT2D eigenvalue weighted by Crippen LogP contribution is -2.37. The summed E-state index contributed by atoms with van der Waals surface area (Å²) in [5.41, 5.74) is 4.80. The third-order valence-corrected chi connectivity index (χ3v) is 6.64. The van der Waals surface area contributed by atoms with Gasteiger partial charge >= 0.3 is 0 Å². The lowest BCUT2D eigenvalue weighted by Gasteiger charge is -2.27. The van der Waals surface area contributed by atoms with Crippen LogP contribution < -0.4 is 4.90 Å². The molecule has 8 heteroatoms. The number of morpholine rings is 1. The van der Waals surface area contributed by atoms with E-state index in [9.17, 15) is 4.79 Å². The Morgan fingerprint density at radius 1 is 1.06 bits per heavy atom. The average molecular weight is 448 g/mol. The number of thioether (sulfide) groups is 1. The molecule has 0 spiro atoms. The van der Waals surface area contributed by atoms with E-state index < -0.39 is 0 Å². The number of nitrogens with zero attached hydrogens (tertiary/aromatic N) is 4. The zero-order chi connectivity index (χ0) is 22.1. The lowest BCUT2D eigenvalue weighted by atomic mass is 10.1. The second-order valence-corrected chi connectivity index (χ2v) is 8.88. The smallest absolute Gasteiger partial charge is 0.232 e. The normalized spacial score (nSPS) is 14.2. The van der Waals surface area contributed by atoms with Gasteiger partial charge in [-0.2, -0.15) is 0 Å². The molecule has 0 amide bonds. The molecule has 3 heterocycles. The van der Waals surface area contributed by atoms with Crippen molar-refractivity contribution in [2.45, 2.75) is 19.0 Å². The van der Waals surface area contributed by atoms with Gasteiger partial charge < -0.3 is 14.6 Å². The highest BCUT2D eigenvalue weighted by Gasteiger charge is 2.23. The first-order valence-electron chi connectivity index (χ1n) is 10.7. The van der Waals surface area contributed by atoms with E-state index in [0.29, 0.717) is 18.4 Å². The standard InChI is InChI=1S/C24H25N5O2S/c1-16-7-9-18(10-8-16)29-23(28-11-13-31-14-12-28)26-27-24(29)32-15-21(30)22-17(2)25-20-6-4-3-5-19(20)22/h3-10,25H,11-15H2,1-2H3. The molecule has 2 aromatic carbocycles. The second-order valence-electron chi connectivity index (χ2n) is 7.94. The number of rotatable bonds is 6. The monoisotopic (exact) mass is 447 g/mol. The van der Waals surface area contributed by atoms with Gasteiger partial charge in [-0.15, -0.1) is 10.2 Å². The first-order valence-corrected chi connectivity index (χ1v) is 11.7. The van der Waals surface area contributed by atoms with Gasteiger partial charge in [0.05, 0.1) is 24.7 Å². The summed E-state index contributed by atoms with van der Waals surface area (Å²) < 4.78 is 7.55. The number of aromatic amines is 1. The highest BCUT2D eigenvalue weighted by atomic mass is 32.2. The molecule has 7 nitrogen and oxygen atoms in total. The number of ether oxygens (including phenoxy) is 1. The van der Waals surface area contributed by atoms with Crippen LogP contribution in [0.15, 0.2) is 53.7 Å². The molecule has 1 saturated heterocycles. The fraction of sp³-hybridized carbons (Fsp3) is 0.292. The van der Waals surface area contributed by atoms with Crippen molar-refractivity contribution in [3.63, 3.8) is 0 Å². The second kappa shape index (κ2) is 8.80. The molecule has 164 valence electrons. The highest BCUT2D eigenvalue weighted by Crippen LogP contribution is 2.29. The van der Waals surface area contributed by atoms with E-state index >= 15 is 0 Å². The van der Waals surface area contributed by atoms with E-state index in [4.69, 9.17) is 4.74 Å². The molecule has 0 unspecified atom stereocenters. The van der Waals surface area contributed by atoms with Crippen molar-refractivity contribution >= 4 is 34.4 Å². The number of Topliss-reactive ketones (excluding diaryl/α,β-unsaturated/α-hetero) is 1. The zero-order valence-corrected chi connectivity index (χ0v) is 19.0. The van der Waals surface area contributed by atoms with Crippen LogP contribution in [0.2, 0.25) is 0 Å². The van der Waals surface area contributed by atoms with Crippen molar-refractivity contribution in [1.29, 1.82) is 0 Å². The number of fused-ring (bicyclic) bond motifs is 1. The summed E-state index contributed by atoms with van der Waals surface area (Å²) in [6.45, 7) is 6.88. The molecule has 1 aliphatic heterocycles. The van der Waals surface area contributed by atoms with Gasteiger partial charge in [0.2, 0.25) is 5.95 Å². The first-order chi connectivity index (χ1) is 15.6. The quantitative estimate of drug-likeness (QED) is 0.353. The fourth-order valence-electron chi connectivity index (χ4n) is 4.08. The number of carbonyl (C=O) groups excluding carboxylic acids is 1. The number of H-pyrrole nitrogens is 1. The highest BCUT2D eigenvalue weighted by molar-refractivity contribution is 7.99. The molecule has 1 N–H and O–H groups in total. The predicted octanol–water partition coefficient (Wildman–Crippen LogP) is 4.18. The molecule has 32 heavy (non-hydrogen) atoms. The number of para-hydroxylation sites is 1. The van der Waals surface area contributed by atoms with Gasteiger partial charge in [-0.25, -0.2) is 0 Å². The van der Waals surface area contributed by atoms with E-state index in [0.717, 1.165) is 46.9 Å². The minimum Gasteiger partial charge on any atom is -0.378 e. The van der Waals surface area contributed by atoms with Crippen LogP contribution >= 0.6 is 11.8 Å². The van der Waals surface area contributed by atoms with Crippen molar-refractivity contribution in [1.82, 2.24) is 19.7 Å². The number of aryl methyl sites for hydroxylation is 2. The Bertz CT molecular complexity index is 1260. The van der Waals surface area contributed by atoms with Crippen LogP contribution in [-0.2, 0) is 4.74 Å². The Hall–Kier alpha value is -3.10. The summed E-state index contributed by atoms with van der Waals surface area (Å²) >= 11 is 1.42. The third-order valence-electron chi connectivity index (χ3n) is 5.71. The van der Waals surface area contributed by atoms with Gasteiger partial charge in [0, 0.05) is 35.2 Å². The van der Waals surface area contributed by atoms with E-state index in [1.165, 1.54) is 17.3 Å². The largest absolute Gasteiger partial charge is 0.378 e. The Kier molecular flexibility index (Phi) is 5.71. The van der Waals surface area contributed by atoms with Crippen molar-refractivity contribution in [3.8, 4) is 5.69 Å². The number of aromatic nitrogens is 4. The van der Waals surface area contributed by atoms with Gasteiger partial charge in [0.15, 0.2) is 10.9 Å². The summed E-state index contributed by atoms with van der Waals surface area (Å²) in [4.78, 5) is 18.7. The number of anilines is 1. The Morgan fingerprint density at radius 3 is 2.59 bits per heavy atom. The number of benzene rings is 2. The third kappa shape index (κ3) is 3.91. The molecule has 0 bridgehead atoms. The summed E-state index contributed by atoms with van der Waals surface area (Å²) in [6.07, 6.45) is 0. The molecule has 1 fully saturated rings. The average Bonchev–Trinajstić information content (AvgIpc) is 3.39. The van der Waals surface area contributed by atoms with Gasteiger partial charge in [-0.1, -0.05) is 47.7 Å². The van der Waals surface area contributed by atoms with Crippen LogP contribution in [0.1, 0.15) is 21.6 Å². The van der Waals surface area contributed by atoms with E-state index in [2.05, 4.69) is 51.3 Å². The molecular weight excluding hydrogens is 422 g/mol. The van der Waals surface area contributed by atoms with Crippen LogP contribution in [-0.4, -0.2) is 57.6 Å². The van der Waals surface area contributed by atoms with Crippen LogP contribution in [0.4, 0.5) is 5.95 Å². The van der Waals surface area contributed by atoms with E-state index in [1.807, 2.05) is 35.8 Å². The zero-order valence-electron chi connectivity index (χ0n) is 18.2. The van der Waals surface area contributed by atoms with Crippen molar-refractivity contribution in [2.75, 3.05) is 37.0 Å². The molecule has 0 atom stereocenters. The number of hydrogen-bond acceptors (Lipinski definition) is 6. The Labute approximate surface area is 190 Å². The fourth-order valence-corrected chi connectivity index (χ4v) is 4.90. The van der Waals surface area contributed by atoms with Crippen LogP contribution in [0.25, 0.3) is 16.6 Å². The Morgan fingerprint density at radius 2 is 1.81 bits per heavy atom. The SMILES string of the molecule is Cc1ccc(-n2c(SCC(=O)c3c(C)[nH]c4ccccc34)nnc2N2CCOCC2)cc1. The molecular formula is C24H25N5O2S. The Balaban J connectivity index is 1.45. The number of carbonyl (C=O) groups is 1. The molecule has 1 aliphatic rings. The van der Waals surface area contributed by atoms with Crippen LogP contribution in [0, 0.1) is 13.8 Å². The summed E-state index contributed by atoms with van der Waals surface area (Å²) in [7, 11) is 0. The summed E-state index contributed by atoms with van der Waals surface area (Å²) in [5.74, 6) is 1.15. The van der Waals surface area contributed by atoms with E-state index in [1.54, 1.807) is 0 Å². The van der Waals surface area contributed by atoms with Crippen molar-refractivity contribution in [2.24, 2.45) is 0 Å². The number of ketones is 1. The molecule has 0 aliphatic carbocycles. The summed E-state index contributed by atoms with van der Waals surface area (Å²) in [5, 5.41) is 10.6. The lowest BCUT2D eigenvalue weighted by molar-refractivity contribution is 0.102. The van der Waals surface area contributed by atoms with Crippen LogP contribution in [0.3, 0.4) is 0 Å². The number of nitrogens with one attached hydrogen (secondary N) is 1. The van der Waals surface area contributed by atoms with Crippen molar-refractivity contribution < 1.29 is 9.53 Å². The van der Waals surface area contributed by atoms with Crippen molar-refractivity contribution in [3.05, 3.63) is 65.4 Å². The topological polar surface area (TPSA) is 76.0 Å². The van der Waals surface area contributed by atoms with Gasteiger partial charge in [0.25, 0.3) is 0 Å². The minimum absolute atomic E-state index is 0.0799. The first kappa shape index (κ1) is 20.8. The maximum atomic E-state index is 13.2. The van der Waals surface area contributed by atoms with Gasteiger partial charge in [-0.05, 0) is 32.0 Å². The molecule has 0 radical (unpaired) electrons. The maximum absolute atomic E-state index is 13.2. The number of hydrogen-bond donors (Lipinski definition) is 1. The molecule has 4 aromatic rings. The molecule has 0 saturated carbocycles. The maximum Gasteiger partial charge on any atom is 0.232 e. The minimum atomic E-state index is 0.0799.